The zero-order valence-electron chi connectivity index (χ0n) is 15.2. The topological polar surface area (TPSA) is 62.6 Å². The van der Waals surface area contributed by atoms with E-state index in [1.807, 2.05) is 41.8 Å². The van der Waals surface area contributed by atoms with E-state index in [0.29, 0.717) is 36.6 Å². The number of hydrogen-bond donors (Lipinski definition) is 0. The van der Waals surface area contributed by atoms with E-state index in [-0.39, 0.29) is 0 Å². The van der Waals surface area contributed by atoms with Gasteiger partial charge in [-0.2, -0.15) is 0 Å². The third-order valence-corrected chi connectivity index (χ3v) is 4.17. The van der Waals surface area contributed by atoms with Crippen molar-refractivity contribution in [1.82, 2.24) is 9.55 Å². The molecule has 0 saturated carbocycles. The van der Waals surface area contributed by atoms with Gasteiger partial charge in [-0.05, 0) is 24.6 Å². The maximum atomic E-state index is 12.0. The molecule has 0 aliphatic carbocycles. The molecule has 0 aliphatic rings. The summed E-state index contributed by atoms with van der Waals surface area (Å²) in [7, 11) is 3.02. The summed E-state index contributed by atoms with van der Waals surface area (Å²) in [5, 5.41) is 0. The Kier molecular flexibility index (Phi) is 5.53. The molecule has 3 aromatic rings. The first-order valence-corrected chi connectivity index (χ1v) is 8.39. The third-order valence-electron chi connectivity index (χ3n) is 4.17. The van der Waals surface area contributed by atoms with Crippen LogP contribution in [-0.2, 0) is 22.6 Å². The summed E-state index contributed by atoms with van der Waals surface area (Å²) in [6.07, 6.45) is 0. The largest absolute Gasteiger partial charge is 0.487 e. The summed E-state index contributed by atoms with van der Waals surface area (Å²) in [5.41, 5.74) is 3.01. The molecule has 0 N–H and O–H groups in total. The van der Waals surface area contributed by atoms with Crippen LogP contribution in [0.25, 0.3) is 11.0 Å². The van der Waals surface area contributed by atoms with E-state index in [4.69, 9.17) is 14.2 Å². The highest BCUT2D eigenvalue weighted by atomic mass is 16.5. The number of imidazole rings is 1. The summed E-state index contributed by atoms with van der Waals surface area (Å²) >= 11 is 0. The number of benzene rings is 2. The molecule has 26 heavy (non-hydrogen) atoms. The van der Waals surface area contributed by atoms with E-state index in [1.165, 1.54) is 7.11 Å². The lowest BCUT2D eigenvalue weighted by Crippen LogP contribution is -2.08. The van der Waals surface area contributed by atoms with E-state index in [0.717, 1.165) is 16.9 Å². The van der Waals surface area contributed by atoms with Gasteiger partial charge in [-0.15, -0.1) is 0 Å². The van der Waals surface area contributed by atoms with Crippen LogP contribution in [0.15, 0.2) is 42.5 Å². The predicted molar refractivity (Wildman–Crippen MR) is 98.5 cm³/mol. The average Bonchev–Trinajstić information content (AvgIpc) is 2.99. The average molecular weight is 354 g/mol. The minimum absolute atomic E-state index is 0.398. The molecule has 0 amide bonds. The molecule has 0 saturated heterocycles. The molecule has 0 spiro atoms. The summed E-state index contributed by atoms with van der Waals surface area (Å²) < 4.78 is 18.2. The molecule has 0 aliphatic heterocycles. The molecule has 0 unspecified atom stereocenters. The Labute approximate surface area is 152 Å². The number of carbonyl (C=O) groups excluding carboxylic acids is 1. The normalized spacial score (nSPS) is 10.9. The maximum Gasteiger partial charge on any atom is 0.338 e. The quantitative estimate of drug-likeness (QED) is 0.609. The monoisotopic (exact) mass is 354 g/mol. The van der Waals surface area contributed by atoms with E-state index < -0.39 is 5.97 Å². The molecule has 6 nitrogen and oxygen atoms in total. The number of fused-ring (bicyclic) bond motifs is 1. The summed E-state index contributed by atoms with van der Waals surface area (Å²) in [5.74, 6) is 1.02. The molecule has 0 fully saturated rings. The second kappa shape index (κ2) is 8.01. The minimum Gasteiger partial charge on any atom is -0.487 e. The van der Waals surface area contributed by atoms with Crippen LogP contribution in [0, 0.1) is 6.92 Å². The molecule has 1 heterocycles. The van der Waals surface area contributed by atoms with E-state index in [9.17, 15) is 4.79 Å². The fourth-order valence-corrected chi connectivity index (χ4v) is 2.88. The zero-order chi connectivity index (χ0) is 18.5. The molecule has 1 aromatic heterocycles. The third kappa shape index (κ3) is 3.70. The molecule has 0 radical (unpaired) electrons. The van der Waals surface area contributed by atoms with Crippen LogP contribution in [0.1, 0.15) is 21.7 Å². The van der Waals surface area contributed by atoms with E-state index >= 15 is 0 Å². The van der Waals surface area contributed by atoms with Gasteiger partial charge in [0.05, 0.1) is 24.8 Å². The lowest BCUT2D eigenvalue weighted by molar-refractivity contribution is 0.0600. The van der Waals surface area contributed by atoms with Gasteiger partial charge in [0.25, 0.3) is 0 Å². The molecule has 6 heteroatoms. The number of aryl methyl sites for hydroxylation is 1. The van der Waals surface area contributed by atoms with Crippen molar-refractivity contribution in [2.75, 3.05) is 20.8 Å². The van der Waals surface area contributed by atoms with E-state index in [2.05, 4.69) is 4.98 Å². The van der Waals surface area contributed by atoms with Gasteiger partial charge in [0, 0.05) is 13.7 Å². The molecule has 0 atom stereocenters. The Hall–Kier alpha value is -2.86. The van der Waals surface area contributed by atoms with Gasteiger partial charge < -0.3 is 18.8 Å². The predicted octanol–water partition coefficient (Wildman–Crippen LogP) is 3.36. The van der Waals surface area contributed by atoms with Gasteiger partial charge in [-0.1, -0.05) is 30.3 Å². The number of rotatable bonds is 7. The highest BCUT2D eigenvalue weighted by Crippen LogP contribution is 2.30. The smallest absolute Gasteiger partial charge is 0.338 e. The maximum absolute atomic E-state index is 12.0. The van der Waals surface area contributed by atoms with Crippen molar-refractivity contribution in [2.45, 2.75) is 20.1 Å². The van der Waals surface area contributed by atoms with Gasteiger partial charge >= 0.3 is 5.97 Å². The number of ether oxygens (including phenoxy) is 3. The zero-order valence-corrected chi connectivity index (χ0v) is 15.2. The van der Waals surface area contributed by atoms with Gasteiger partial charge in [0.2, 0.25) is 0 Å². The number of nitrogens with zero attached hydrogens (tertiary/aromatic N) is 2. The van der Waals surface area contributed by atoms with Crippen molar-refractivity contribution >= 4 is 17.0 Å². The van der Waals surface area contributed by atoms with Crippen molar-refractivity contribution in [3.63, 3.8) is 0 Å². The standard InChI is InChI=1S/C20H22N2O4/c1-14-21-17-11-16(20(23)25-3)12-18(19(17)22(14)9-10-24-2)26-13-15-7-5-4-6-8-15/h4-8,11-12H,9-10,13H2,1-3H3. The van der Waals surface area contributed by atoms with Crippen LogP contribution in [-0.4, -0.2) is 36.3 Å². The van der Waals surface area contributed by atoms with Crippen LogP contribution < -0.4 is 4.74 Å². The van der Waals surface area contributed by atoms with Crippen molar-refractivity contribution < 1.29 is 19.0 Å². The Morgan fingerprint density at radius 3 is 2.62 bits per heavy atom. The van der Waals surface area contributed by atoms with Crippen molar-refractivity contribution in [3.05, 3.63) is 59.4 Å². The van der Waals surface area contributed by atoms with Gasteiger partial charge in [0.15, 0.2) is 0 Å². The summed E-state index contributed by atoms with van der Waals surface area (Å²) in [6, 6.07) is 13.3. The first-order chi connectivity index (χ1) is 12.6. The fraction of sp³-hybridized carbons (Fsp3) is 0.300. The van der Waals surface area contributed by atoms with E-state index in [1.54, 1.807) is 19.2 Å². The van der Waals surface area contributed by atoms with Crippen molar-refractivity contribution in [3.8, 4) is 5.75 Å². The molecule has 2 aromatic carbocycles. The molecule has 3 rings (SSSR count). The number of methoxy groups -OCH3 is 2. The Morgan fingerprint density at radius 2 is 1.92 bits per heavy atom. The number of carbonyl (C=O) groups is 1. The van der Waals surface area contributed by atoms with Gasteiger partial charge in [-0.25, -0.2) is 9.78 Å². The van der Waals surface area contributed by atoms with Crippen LogP contribution in [0.4, 0.5) is 0 Å². The van der Waals surface area contributed by atoms with Crippen LogP contribution in [0.2, 0.25) is 0 Å². The highest BCUT2D eigenvalue weighted by molar-refractivity contribution is 5.96. The molecule has 136 valence electrons. The number of aromatic nitrogens is 2. The SMILES string of the molecule is COCCn1c(C)nc2cc(C(=O)OC)cc(OCc3ccccc3)c21. The Balaban J connectivity index is 2.04. The molecular weight excluding hydrogens is 332 g/mol. The first-order valence-electron chi connectivity index (χ1n) is 8.39. The van der Waals surface area contributed by atoms with Gasteiger partial charge in [0.1, 0.15) is 23.7 Å². The lowest BCUT2D eigenvalue weighted by Gasteiger charge is -2.13. The fourth-order valence-electron chi connectivity index (χ4n) is 2.88. The number of esters is 1. The summed E-state index contributed by atoms with van der Waals surface area (Å²) in [4.78, 5) is 16.6. The first kappa shape index (κ1) is 17.9. The molecule has 0 bridgehead atoms. The lowest BCUT2D eigenvalue weighted by atomic mass is 10.1. The summed E-state index contributed by atoms with van der Waals surface area (Å²) in [6.45, 7) is 3.53. The minimum atomic E-state index is -0.416. The van der Waals surface area contributed by atoms with Gasteiger partial charge in [-0.3, -0.25) is 0 Å². The van der Waals surface area contributed by atoms with Crippen LogP contribution >= 0.6 is 0 Å². The van der Waals surface area contributed by atoms with Crippen LogP contribution in [0.5, 0.6) is 5.75 Å². The van der Waals surface area contributed by atoms with Crippen molar-refractivity contribution in [1.29, 1.82) is 0 Å². The Morgan fingerprint density at radius 1 is 1.15 bits per heavy atom. The van der Waals surface area contributed by atoms with Crippen molar-refractivity contribution in [2.24, 2.45) is 0 Å². The van der Waals surface area contributed by atoms with Crippen LogP contribution in [0.3, 0.4) is 0 Å². The second-order valence-electron chi connectivity index (χ2n) is 5.91. The molecular formula is C20H22N2O4. The Bertz CT molecular complexity index is 903. The number of hydrogen-bond acceptors (Lipinski definition) is 5. The highest BCUT2D eigenvalue weighted by Gasteiger charge is 2.18. The second-order valence-corrected chi connectivity index (χ2v) is 5.91.